The van der Waals surface area contributed by atoms with E-state index in [1.807, 2.05) is 13.0 Å². The number of hydrogen-bond acceptors (Lipinski definition) is 2. The molecule has 2 nitrogen and oxygen atoms in total. The zero-order valence-electron chi connectivity index (χ0n) is 11.2. The van der Waals surface area contributed by atoms with Crippen molar-refractivity contribution in [3.63, 3.8) is 0 Å². The highest BCUT2D eigenvalue weighted by atomic mass is 35.5. The van der Waals surface area contributed by atoms with E-state index in [-0.39, 0.29) is 6.04 Å². The summed E-state index contributed by atoms with van der Waals surface area (Å²) < 4.78 is 0. The van der Waals surface area contributed by atoms with Crippen molar-refractivity contribution in [3.8, 4) is 0 Å². The quantitative estimate of drug-likeness (QED) is 0.872. The minimum absolute atomic E-state index is 0.171. The van der Waals surface area contributed by atoms with E-state index in [4.69, 9.17) is 17.3 Å². The molecule has 0 aliphatic rings. The van der Waals surface area contributed by atoms with Gasteiger partial charge in [-0.15, -0.1) is 0 Å². The molecule has 2 N–H and O–H groups in total. The highest BCUT2D eigenvalue weighted by Crippen LogP contribution is 2.28. The van der Waals surface area contributed by atoms with Gasteiger partial charge in [0.2, 0.25) is 0 Å². The summed E-state index contributed by atoms with van der Waals surface area (Å²) >= 11 is 6.35. The fourth-order valence-corrected chi connectivity index (χ4v) is 2.41. The van der Waals surface area contributed by atoms with Gasteiger partial charge in [-0.3, -0.25) is 0 Å². The Labute approximate surface area is 110 Å². The molecule has 0 radical (unpaired) electrons. The van der Waals surface area contributed by atoms with Gasteiger partial charge in [-0.05, 0) is 51.8 Å². The van der Waals surface area contributed by atoms with Crippen molar-refractivity contribution < 1.29 is 0 Å². The standard InChI is InChI=1S/C14H23ClN2/c1-5-17(10(2)3)14-7-6-12(8-11(4)16)9-13(14)15/h6-7,9-11H,5,8,16H2,1-4H3. The smallest absolute Gasteiger partial charge is 0.0642 e. The number of benzene rings is 1. The third-order valence-electron chi connectivity index (χ3n) is 2.84. The first-order valence-corrected chi connectivity index (χ1v) is 6.64. The molecule has 0 saturated carbocycles. The van der Waals surface area contributed by atoms with Gasteiger partial charge in [-0.1, -0.05) is 17.7 Å². The lowest BCUT2D eigenvalue weighted by molar-refractivity contribution is 0.702. The Hall–Kier alpha value is -0.730. The summed E-state index contributed by atoms with van der Waals surface area (Å²) in [6, 6.07) is 6.88. The van der Waals surface area contributed by atoms with Gasteiger partial charge in [0.15, 0.2) is 0 Å². The van der Waals surface area contributed by atoms with E-state index >= 15 is 0 Å². The summed E-state index contributed by atoms with van der Waals surface area (Å²) in [6.45, 7) is 9.47. The van der Waals surface area contributed by atoms with E-state index in [0.717, 1.165) is 23.7 Å². The van der Waals surface area contributed by atoms with Crippen LogP contribution in [-0.2, 0) is 6.42 Å². The van der Waals surface area contributed by atoms with Crippen LogP contribution in [0.4, 0.5) is 5.69 Å². The van der Waals surface area contributed by atoms with Gasteiger partial charge in [0.05, 0.1) is 10.7 Å². The number of rotatable bonds is 5. The van der Waals surface area contributed by atoms with Crippen LogP contribution in [0.1, 0.15) is 33.3 Å². The molecule has 1 atom stereocenters. The molecule has 0 heterocycles. The summed E-state index contributed by atoms with van der Waals surface area (Å²) in [7, 11) is 0. The topological polar surface area (TPSA) is 29.3 Å². The summed E-state index contributed by atoms with van der Waals surface area (Å²) in [4.78, 5) is 2.29. The van der Waals surface area contributed by atoms with Gasteiger partial charge in [0, 0.05) is 18.6 Å². The van der Waals surface area contributed by atoms with Crippen LogP contribution in [0.25, 0.3) is 0 Å². The molecule has 0 saturated heterocycles. The number of nitrogens with two attached hydrogens (primary N) is 1. The Morgan fingerprint density at radius 2 is 1.94 bits per heavy atom. The van der Waals surface area contributed by atoms with Crippen LogP contribution in [0.2, 0.25) is 5.02 Å². The summed E-state index contributed by atoms with van der Waals surface area (Å²) in [6.07, 6.45) is 0.869. The predicted molar refractivity (Wildman–Crippen MR) is 77.0 cm³/mol. The fourth-order valence-electron chi connectivity index (χ4n) is 2.10. The van der Waals surface area contributed by atoms with Crippen molar-refractivity contribution in [2.75, 3.05) is 11.4 Å². The summed E-state index contributed by atoms with van der Waals surface area (Å²) in [5, 5.41) is 0.818. The van der Waals surface area contributed by atoms with Crippen LogP contribution in [0, 0.1) is 0 Å². The first kappa shape index (κ1) is 14.3. The fraction of sp³-hybridized carbons (Fsp3) is 0.571. The number of hydrogen-bond donors (Lipinski definition) is 1. The van der Waals surface area contributed by atoms with E-state index in [1.54, 1.807) is 0 Å². The van der Waals surface area contributed by atoms with Gasteiger partial charge in [-0.25, -0.2) is 0 Å². The number of halogens is 1. The van der Waals surface area contributed by atoms with Crippen LogP contribution in [-0.4, -0.2) is 18.6 Å². The largest absolute Gasteiger partial charge is 0.368 e. The van der Waals surface area contributed by atoms with Crippen molar-refractivity contribution in [2.45, 2.75) is 46.2 Å². The molecule has 0 amide bonds. The van der Waals surface area contributed by atoms with Crippen molar-refractivity contribution in [2.24, 2.45) is 5.73 Å². The highest BCUT2D eigenvalue weighted by Gasteiger charge is 2.12. The molecular formula is C14H23ClN2. The number of nitrogens with zero attached hydrogens (tertiary/aromatic N) is 1. The lowest BCUT2D eigenvalue weighted by Gasteiger charge is -2.28. The average molecular weight is 255 g/mol. The molecule has 0 bridgehead atoms. The molecule has 1 unspecified atom stereocenters. The van der Waals surface area contributed by atoms with Crippen LogP contribution in [0.3, 0.4) is 0 Å². The van der Waals surface area contributed by atoms with Crippen molar-refractivity contribution >= 4 is 17.3 Å². The second kappa shape index (κ2) is 6.27. The minimum Gasteiger partial charge on any atom is -0.368 e. The zero-order chi connectivity index (χ0) is 13.0. The van der Waals surface area contributed by atoms with Gasteiger partial charge >= 0.3 is 0 Å². The Bertz CT molecular complexity index is 361. The molecule has 1 aromatic rings. The monoisotopic (exact) mass is 254 g/mol. The lowest BCUT2D eigenvalue weighted by Crippen LogP contribution is -2.30. The highest BCUT2D eigenvalue weighted by molar-refractivity contribution is 6.33. The Kier molecular flexibility index (Phi) is 5.29. The molecule has 17 heavy (non-hydrogen) atoms. The SMILES string of the molecule is CCN(c1ccc(CC(C)N)cc1Cl)C(C)C. The van der Waals surface area contributed by atoms with E-state index in [2.05, 4.69) is 37.8 Å². The summed E-state index contributed by atoms with van der Waals surface area (Å²) in [5.41, 5.74) is 8.10. The van der Waals surface area contributed by atoms with E-state index in [0.29, 0.717) is 6.04 Å². The van der Waals surface area contributed by atoms with Gasteiger partial charge in [0.1, 0.15) is 0 Å². The second-order valence-electron chi connectivity index (χ2n) is 4.85. The molecule has 0 fully saturated rings. The van der Waals surface area contributed by atoms with Gasteiger partial charge < -0.3 is 10.6 Å². The van der Waals surface area contributed by atoms with E-state index in [9.17, 15) is 0 Å². The van der Waals surface area contributed by atoms with Gasteiger partial charge in [-0.2, -0.15) is 0 Å². The molecule has 96 valence electrons. The van der Waals surface area contributed by atoms with Crippen LogP contribution >= 0.6 is 11.6 Å². The maximum absolute atomic E-state index is 6.35. The van der Waals surface area contributed by atoms with Crippen molar-refractivity contribution in [1.29, 1.82) is 0 Å². The average Bonchev–Trinajstić information content (AvgIpc) is 2.20. The molecule has 0 aliphatic carbocycles. The third-order valence-corrected chi connectivity index (χ3v) is 3.15. The summed E-state index contributed by atoms with van der Waals surface area (Å²) in [5.74, 6) is 0. The predicted octanol–water partition coefficient (Wildman–Crippen LogP) is 3.46. The minimum atomic E-state index is 0.171. The second-order valence-corrected chi connectivity index (χ2v) is 5.25. The van der Waals surface area contributed by atoms with Crippen LogP contribution in [0.15, 0.2) is 18.2 Å². The molecule has 0 spiro atoms. The maximum Gasteiger partial charge on any atom is 0.0642 e. The van der Waals surface area contributed by atoms with Crippen LogP contribution < -0.4 is 10.6 Å². The maximum atomic E-state index is 6.35. The van der Waals surface area contributed by atoms with E-state index in [1.165, 1.54) is 5.56 Å². The van der Waals surface area contributed by atoms with Gasteiger partial charge in [0.25, 0.3) is 0 Å². The van der Waals surface area contributed by atoms with Crippen molar-refractivity contribution in [1.82, 2.24) is 0 Å². The third kappa shape index (κ3) is 3.90. The molecule has 0 aromatic heterocycles. The number of anilines is 1. The molecule has 1 aromatic carbocycles. The Morgan fingerprint density at radius 3 is 2.35 bits per heavy atom. The Morgan fingerprint density at radius 1 is 1.29 bits per heavy atom. The molecule has 0 aliphatic heterocycles. The van der Waals surface area contributed by atoms with Crippen LogP contribution in [0.5, 0.6) is 0 Å². The first-order chi connectivity index (χ1) is 7.95. The zero-order valence-corrected chi connectivity index (χ0v) is 12.0. The normalized spacial score (nSPS) is 12.9. The first-order valence-electron chi connectivity index (χ1n) is 6.26. The van der Waals surface area contributed by atoms with Crippen molar-refractivity contribution in [3.05, 3.63) is 28.8 Å². The molecular weight excluding hydrogens is 232 g/mol. The molecule has 3 heteroatoms. The Balaban J connectivity index is 2.96. The lowest BCUT2D eigenvalue weighted by atomic mass is 10.1. The van der Waals surface area contributed by atoms with E-state index < -0.39 is 0 Å². The molecule has 1 rings (SSSR count).